The number of hydrogen-bond donors (Lipinski definition) is 1. The highest BCUT2D eigenvalue weighted by molar-refractivity contribution is 9.10. The standard InChI is InChI=1S/C22H30BrClN2O4/c1-21(2,3)30-20(28)26-10-9-22(4,13-26)25-19(27)29-11-8-14-12-15(14)18-16(23)6-5-7-17(18)24/h5-7,14-15H,8-13H2,1-4H3,(H,25,27)/t14?,15?,22-/m1/s1. The van der Waals surface area contributed by atoms with E-state index in [9.17, 15) is 9.59 Å². The molecule has 1 N–H and O–H groups in total. The number of alkyl carbamates (subject to hydrolysis) is 1. The summed E-state index contributed by atoms with van der Waals surface area (Å²) in [6.45, 7) is 8.75. The zero-order valence-corrected chi connectivity index (χ0v) is 20.3. The van der Waals surface area contributed by atoms with E-state index in [1.165, 1.54) is 0 Å². The molecule has 2 unspecified atom stereocenters. The van der Waals surface area contributed by atoms with Crippen LogP contribution in [0.5, 0.6) is 0 Å². The first kappa shape index (κ1) is 23.2. The third-order valence-electron chi connectivity index (χ3n) is 5.54. The van der Waals surface area contributed by atoms with Crippen molar-refractivity contribution < 1.29 is 19.1 Å². The lowest BCUT2D eigenvalue weighted by Crippen LogP contribution is -2.49. The summed E-state index contributed by atoms with van der Waals surface area (Å²) in [6.07, 6.45) is 1.71. The molecular formula is C22H30BrClN2O4. The number of nitrogens with one attached hydrogen (secondary N) is 1. The molecule has 0 spiro atoms. The van der Waals surface area contributed by atoms with Gasteiger partial charge in [-0.1, -0.05) is 33.6 Å². The van der Waals surface area contributed by atoms with Gasteiger partial charge < -0.3 is 19.7 Å². The summed E-state index contributed by atoms with van der Waals surface area (Å²) in [6, 6.07) is 5.83. The van der Waals surface area contributed by atoms with E-state index in [4.69, 9.17) is 21.1 Å². The minimum atomic E-state index is -0.539. The minimum Gasteiger partial charge on any atom is -0.450 e. The van der Waals surface area contributed by atoms with Crippen molar-refractivity contribution in [3.63, 3.8) is 0 Å². The van der Waals surface area contributed by atoms with Gasteiger partial charge in [0.15, 0.2) is 0 Å². The van der Waals surface area contributed by atoms with Crippen LogP contribution < -0.4 is 5.32 Å². The van der Waals surface area contributed by atoms with Crippen LogP contribution in [0.25, 0.3) is 0 Å². The first-order chi connectivity index (χ1) is 14.0. The zero-order chi connectivity index (χ0) is 22.1. The highest BCUT2D eigenvalue weighted by Crippen LogP contribution is 2.53. The molecule has 3 atom stereocenters. The number of benzene rings is 1. The van der Waals surface area contributed by atoms with Crippen LogP contribution in [-0.4, -0.2) is 47.9 Å². The Bertz CT molecular complexity index is 793. The molecule has 1 aliphatic heterocycles. The van der Waals surface area contributed by atoms with Crippen molar-refractivity contribution in [1.29, 1.82) is 0 Å². The lowest BCUT2D eigenvalue weighted by Gasteiger charge is -2.27. The number of halogens is 2. The first-order valence-corrected chi connectivity index (χ1v) is 11.5. The number of ether oxygens (including phenoxy) is 2. The monoisotopic (exact) mass is 500 g/mol. The SMILES string of the molecule is CC(C)(C)OC(=O)N1CC[C@@](C)(NC(=O)OCCC2CC2c2c(Cl)cccc2Br)C1. The molecular weight excluding hydrogens is 472 g/mol. The Kier molecular flexibility index (Phi) is 6.92. The van der Waals surface area contributed by atoms with E-state index < -0.39 is 17.2 Å². The molecule has 1 saturated carbocycles. The molecule has 2 aliphatic rings. The van der Waals surface area contributed by atoms with Crippen LogP contribution in [0.15, 0.2) is 22.7 Å². The van der Waals surface area contributed by atoms with Crippen molar-refractivity contribution in [3.8, 4) is 0 Å². The second-order valence-corrected chi connectivity index (χ2v) is 10.8. The number of carbonyl (C=O) groups is 2. The minimum absolute atomic E-state index is 0.355. The number of rotatable bonds is 5. The predicted octanol–water partition coefficient (Wildman–Crippen LogP) is 5.72. The Hall–Kier alpha value is -1.47. The van der Waals surface area contributed by atoms with Crippen molar-refractivity contribution in [2.75, 3.05) is 19.7 Å². The highest BCUT2D eigenvalue weighted by atomic mass is 79.9. The summed E-state index contributed by atoms with van der Waals surface area (Å²) in [5.41, 5.74) is 0.0932. The molecule has 1 aliphatic carbocycles. The van der Waals surface area contributed by atoms with Gasteiger partial charge in [0, 0.05) is 22.6 Å². The molecule has 2 fully saturated rings. The summed E-state index contributed by atoms with van der Waals surface area (Å²) in [5, 5.41) is 3.70. The molecule has 3 rings (SSSR count). The Morgan fingerprint density at radius 3 is 2.77 bits per heavy atom. The molecule has 166 valence electrons. The maximum Gasteiger partial charge on any atom is 0.410 e. The lowest BCUT2D eigenvalue weighted by molar-refractivity contribution is 0.0280. The molecule has 1 heterocycles. The van der Waals surface area contributed by atoms with Crippen molar-refractivity contribution in [2.24, 2.45) is 5.92 Å². The van der Waals surface area contributed by atoms with Crippen LogP contribution in [0.4, 0.5) is 9.59 Å². The Morgan fingerprint density at radius 2 is 2.10 bits per heavy atom. The number of hydrogen-bond acceptors (Lipinski definition) is 4. The highest BCUT2D eigenvalue weighted by Gasteiger charge is 2.41. The summed E-state index contributed by atoms with van der Waals surface area (Å²) < 4.78 is 11.9. The van der Waals surface area contributed by atoms with Gasteiger partial charge in [-0.05, 0) is 76.5 Å². The van der Waals surface area contributed by atoms with Crippen LogP contribution in [-0.2, 0) is 9.47 Å². The van der Waals surface area contributed by atoms with E-state index in [0.717, 1.165) is 27.9 Å². The normalized spacial score (nSPS) is 25.7. The molecule has 6 nitrogen and oxygen atoms in total. The predicted molar refractivity (Wildman–Crippen MR) is 120 cm³/mol. The van der Waals surface area contributed by atoms with Gasteiger partial charge in [0.25, 0.3) is 0 Å². The molecule has 8 heteroatoms. The van der Waals surface area contributed by atoms with E-state index in [2.05, 4.69) is 21.2 Å². The fraction of sp³-hybridized carbons (Fsp3) is 0.636. The van der Waals surface area contributed by atoms with Crippen molar-refractivity contribution in [3.05, 3.63) is 33.3 Å². The molecule has 0 bridgehead atoms. The van der Waals surface area contributed by atoms with E-state index in [0.29, 0.717) is 38.0 Å². The number of nitrogens with zero attached hydrogens (tertiary/aromatic N) is 1. The average molecular weight is 502 g/mol. The molecule has 1 saturated heterocycles. The Balaban J connectivity index is 1.40. The van der Waals surface area contributed by atoms with Crippen LogP contribution >= 0.6 is 27.5 Å². The van der Waals surface area contributed by atoms with E-state index in [-0.39, 0.29) is 6.09 Å². The van der Waals surface area contributed by atoms with Gasteiger partial charge in [0.1, 0.15) is 5.60 Å². The second kappa shape index (κ2) is 8.95. The Labute approximate surface area is 191 Å². The fourth-order valence-electron chi connectivity index (χ4n) is 3.92. The van der Waals surface area contributed by atoms with Crippen molar-refractivity contribution in [2.45, 2.75) is 64.0 Å². The maximum absolute atomic E-state index is 12.3. The molecule has 1 aromatic carbocycles. The third-order valence-corrected chi connectivity index (χ3v) is 6.56. The molecule has 2 amide bonds. The van der Waals surface area contributed by atoms with Gasteiger partial charge in [-0.15, -0.1) is 0 Å². The topological polar surface area (TPSA) is 67.9 Å². The van der Waals surface area contributed by atoms with Gasteiger partial charge in [0.2, 0.25) is 0 Å². The molecule has 30 heavy (non-hydrogen) atoms. The average Bonchev–Trinajstić information content (AvgIpc) is 3.24. The largest absolute Gasteiger partial charge is 0.450 e. The fourth-order valence-corrected chi connectivity index (χ4v) is 5.01. The molecule has 0 radical (unpaired) electrons. The van der Waals surface area contributed by atoms with Crippen LogP contribution in [0.3, 0.4) is 0 Å². The maximum atomic E-state index is 12.3. The number of amides is 2. The van der Waals surface area contributed by atoms with Gasteiger partial charge in [-0.25, -0.2) is 9.59 Å². The van der Waals surface area contributed by atoms with Crippen LogP contribution in [0.1, 0.15) is 58.4 Å². The molecule has 1 aromatic rings. The quantitative estimate of drug-likeness (QED) is 0.560. The smallest absolute Gasteiger partial charge is 0.410 e. The third kappa shape index (κ3) is 6.03. The Morgan fingerprint density at radius 1 is 1.37 bits per heavy atom. The number of carbonyl (C=O) groups excluding carboxylic acids is 2. The summed E-state index contributed by atoms with van der Waals surface area (Å²) >= 11 is 9.91. The van der Waals surface area contributed by atoms with Crippen LogP contribution in [0.2, 0.25) is 5.02 Å². The van der Waals surface area contributed by atoms with Gasteiger partial charge >= 0.3 is 12.2 Å². The molecule has 0 aromatic heterocycles. The van der Waals surface area contributed by atoms with Gasteiger partial charge in [0.05, 0.1) is 12.1 Å². The summed E-state index contributed by atoms with van der Waals surface area (Å²) in [5.74, 6) is 0.883. The summed E-state index contributed by atoms with van der Waals surface area (Å²) in [7, 11) is 0. The summed E-state index contributed by atoms with van der Waals surface area (Å²) in [4.78, 5) is 26.1. The van der Waals surface area contributed by atoms with E-state index >= 15 is 0 Å². The zero-order valence-electron chi connectivity index (χ0n) is 18.0. The first-order valence-electron chi connectivity index (χ1n) is 10.3. The van der Waals surface area contributed by atoms with Crippen molar-refractivity contribution in [1.82, 2.24) is 10.2 Å². The van der Waals surface area contributed by atoms with Gasteiger partial charge in [-0.3, -0.25) is 0 Å². The van der Waals surface area contributed by atoms with Crippen LogP contribution in [0, 0.1) is 5.92 Å². The van der Waals surface area contributed by atoms with E-state index in [1.807, 2.05) is 45.9 Å². The second-order valence-electron chi connectivity index (χ2n) is 9.50. The lowest BCUT2D eigenvalue weighted by atomic mass is 10.0. The van der Waals surface area contributed by atoms with E-state index in [1.54, 1.807) is 4.90 Å². The number of likely N-dealkylation sites (tertiary alicyclic amines) is 1. The van der Waals surface area contributed by atoms with Gasteiger partial charge in [-0.2, -0.15) is 0 Å². The van der Waals surface area contributed by atoms with Crippen molar-refractivity contribution >= 4 is 39.7 Å².